The van der Waals surface area contributed by atoms with E-state index >= 15 is 0 Å². The van der Waals surface area contributed by atoms with Crippen molar-refractivity contribution < 1.29 is 18.7 Å². The van der Waals surface area contributed by atoms with Gasteiger partial charge in [-0.2, -0.15) is 0 Å². The van der Waals surface area contributed by atoms with Crippen molar-refractivity contribution in [1.29, 1.82) is 0 Å². The number of carbonyl (C=O) groups is 2. The van der Waals surface area contributed by atoms with Crippen LogP contribution in [0.5, 0.6) is 0 Å². The van der Waals surface area contributed by atoms with Crippen molar-refractivity contribution in [3.63, 3.8) is 0 Å². The molecule has 0 aromatic heterocycles. The van der Waals surface area contributed by atoms with Crippen LogP contribution in [0.3, 0.4) is 0 Å². The van der Waals surface area contributed by atoms with E-state index in [1.807, 2.05) is 0 Å². The summed E-state index contributed by atoms with van der Waals surface area (Å²) in [6.45, 7) is 0. The zero-order valence-electron chi connectivity index (χ0n) is 11.2. The molecule has 0 spiro atoms. The first-order valence-electron chi connectivity index (χ1n) is 6.11. The van der Waals surface area contributed by atoms with E-state index in [-0.39, 0.29) is 5.69 Å². The molecule has 0 unspecified atom stereocenters. The highest BCUT2D eigenvalue weighted by molar-refractivity contribution is 6.00. The Morgan fingerprint density at radius 1 is 1.05 bits per heavy atom. The van der Waals surface area contributed by atoms with E-state index in [1.165, 1.54) is 31.4 Å². The number of para-hydroxylation sites is 1. The molecule has 2 amide bonds. The summed E-state index contributed by atoms with van der Waals surface area (Å²) in [4.78, 5) is 23.2. The van der Waals surface area contributed by atoms with E-state index in [1.54, 1.807) is 24.3 Å². The summed E-state index contributed by atoms with van der Waals surface area (Å²) in [6.07, 6.45) is 0. The number of esters is 1. The summed E-state index contributed by atoms with van der Waals surface area (Å²) in [5, 5.41) is 4.89. The summed E-state index contributed by atoms with van der Waals surface area (Å²) < 4.78 is 18.0. The van der Waals surface area contributed by atoms with Gasteiger partial charge in [0.15, 0.2) is 0 Å². The van der Waals surface area contributed by atoms with Crippen LogP contribution in [-0.2, 0) is 4.74 Å². The summed E-state index contributed by atoms with van der Waals surface area (Å²) in [5.74, 6) is -1.04. The van der Waals surface area contributed by atoms with Crippen LogP contribution in [0.1, 0.15) is 10.4 Å². The molecule has 2 N–H and O–H groups in total. The monoisotopic (exact) mass is 288 g/mol. The first-order valence-corrected chi connectivity index (χ1v) is 6.11. The third-order valence-electron chi connectivity index (χ3n) is 2.66. The third kappa shape index (κ3) is 3.79. The maximum Gasteiger partial charge on any atom is 0.337 e. The molecule has 0 aliphatic rings. The van der Waals surface area contributed by atoms with Gasteiger partial charge in [-0.15, -0.1) is 0 Å². The van der Waals surface area contributed by atoms with Gasteiger partial charge in [0.05, 0.1) is 18.4 Å². The normalized spacial score (nSPS) is 9.81. The lowest BCUT2D eigenvalue weighted by Gasteiger charge is -2.09. The Kier molecular flexibility index (Phi) is 4.50. The molecule has 2 aromatic rings. The first-order chi connectivity index (χ1) is 10.1. The third-order valence-corrected chi connectivity index (χ3v) is 2.66. The van der Waals surface area contributed by atoms with Crippen molar-refractivity contribution in [1.82, 2.24) is 0 Å². The molecule has 0 saturated heterocycles. The zero-order chi connectivity index (χ0) is 15.2. The van der Waals surface area contributed by atoms with E-state index in [9.17, 15) is 14.0 Å². The fourth-order valence-corrected chi connectivity index (χ4v) is 1.69. The van der Waals surface area contributed by atoms with E-state index < -0.39 is 17.8 Å². The van der Waals surface area contributed by atoms with Crippen molar-refractivity contribution in [2.45, 2.75) is 0 Å². The highest BCUT2D eigenvalue weighted by atomic mass is 19.1. The Hall–Kier alpha value is -2.89. The smallest absolute Gasteiger partial charge is 0.337 e. The van der Waals surface area contributed by atoms with E-state index in [2.05, 4.69) is 15.4 Å². The number of hydrogen-bond donors (Lipinski definition) is 2. The van der Waals surface area contributed by atoms with Crippen molar-refractivity contribution in [2.24, 2.45) is 0 Å². The number of methoxy groups -OCH3 is 1. The molecule has 0 aliphatic carbocycles. The molecule has 6 heteroatoms. The summed E-state index contributed by atoms with van der Waals surface area (Å²) >= 11 is 0. The molecule has 5 nitrogen and oxygen atoms in total. The van der Waals surface area contributed by atoms with Crippen molar-refractivity contribution in [3.05, 3.63) is 59.9 Å². The number of amides is 2. The molecule has 0 aliphatic heterocycles. The Bertz CT molecular complexity index is 673. The van der Waals surface area contributed by atoms with Crippen molar-refractivity contribution in [2.75, 3.05) is 17.7 Å². The lowest BCUT2D eigenvalue weighted by Crippen LogP contribution is -2.20. The number of rotatable bonds is 3. The van der Waals surface area contributed by atoms with Gasteiger partial charge in [0.1, 0.15) is 5.82 Å². The van der Waals surface area contributed by atoms with Crippen molar-refractivity contribution in [3.8, 4) is 0 Å². The fraction of sp³-hybridized carbons (Fsp3) is 0.0667. The van der Waals surface area contributed by atoms with Gasteiger partial charge in [-0.1, -0.05) is 18.2 Å². The number of benzene rings is 2. The summed E-state index contributed by atoms with van der Waals surface area (Å²) in [5.41, 5.74) is 0.770. The largest absolute Gasteiger partial charge is 0.465 e. The Morgan fingerprint density at radius 3 is 2.52 bits per heavy atom. The highest BCUT2D eigenvalue weighted by Gasteiger charge is 2.09. The van der Waals surface area contributed by atoms with Crippen LogP contribution in [0.25, 0.3) is 0 Å². The number of ether oxygens (including phenoxy) is 1. The number of anilines is 2. The molecule has 0 atom stereocenters. The van der Waals surface area contributed by atoms with Crippen LogP contribution >= 0.6 is 0 Å². The van der Waals surface area contributed by atoms with Gasteiger partial charge in [-0.3, -0.25) is 0 Å². The average molecular weight is 288 g/mol. The minimum atomic E-state index is -0.609. The van der Waals surface area contributed by atoms with Crippen LogP contribution < -0.4 is 10.6 Å². The molecule has 0 fully saturated rings. The zero-order valence-corrected chi connectivity index (χ0v) is 11.2. The second-order valence-electron chi connectivity index (χ2n) is 4.13. The average Bonchev–Trinajstić information content (AvgIpc) is 2.49. The molecule has 2 aromatic carbocycles. The molecular weight excluding hydrogens is 275 g/mol. The molecule has 108 valence electrons. The SMILES string of the molecule is COC(=O)c1cccc(NC(=O)Nc2ccccc2F)c1. The van der Waals surface area contributed by atoms with Crippen LogP contribution in [0, 0.1) is 5.82 Å². The van der Waals surface area contributed by atoms with Gasteiger partial charge in [-0.05, 0) is 30.3 Å². The van der Waals surface area contributed by atoms with E-state index in [0.717, 1.165) is 0 Å². The molecule has 2 rings (SSSR count). The topological polar surface area (TPSA) is 67.4 Å². The molecule has 0 saturated carbocycles. The van der Waals surface area contributed by atoms with Crippen LogP contribution in [-0.4, -0.2) is 19.1 Å². The lowest BCUT2D eigenvalue weighted by molar-refractivity contribution is 0.0600. The van der Waals surface area contributed by atoms with Gasteiger partial charge in [-0.25, -0.2) is 14.0 Å². The van der Waals surface area contributed by atoms with Gasteiger partial charge in [0, 0.05) is 5.69 Å². The van der Waals surface area contributed by atoms with Crippen LogP contribution in [0.2, 0.25) is 0 Å². The van der Waals surface area contributed by atoms with Gasteiger partial charge in [0.2, 0.25) is 0 Å². The molecule has 0 bridgehead atoms. The quantitative estimate of drug-likeness (QED) is 0.852. The minimum Gasteiger partial charge on any atom is -0.465 e. The Balaban J connectivity index is 2.06. The first kappa shape index (κ1) is 14.5. The fourth-order valence-electron chi connectivity index (χ4n) is 1.69. The highest BCUT2D eigenvalue weighted by Crippen LogP contribution is 2.15. The van der Waals surface area contributed by atoms with E-state index in [4.69, 9.17) is 0 Å². The Labute approximate surface area is 120 Å². The summed E-state index contributed by atoms with van der Waals surface area (Å²) in [6, 6.07) is 11.4. The second kappa shape index (κ2) is 6.51. The Morgan fingerprint density at radius 2 is 1.81 bits per heavy atom. The summed E-state index contributed by atoms with van der Waals surface area (Å²) in [7, 11) is 1.27. The van der Waals surface area contributed by atoms with Gasteiger partial charge >= 0.3 is 12.0 Å². The molecular formula is C15H13FN2O3. The number of hydrogen-bond acceptors (Lipinski definition) is 3. The standard InChI is InChI=1S/C15H13FN2O3/c1-21-14(19)10-5-4-6-11(9-10)17-15(20)18-13-8-3-2-7-12(13)16/h2-9H,1H3,(H2,17,18,20). The number of halogens is 1. The predicted molar refractivity (Wildman–Crippen MR) is 76.8 cm³/mol. The van der Waals surface area contributed by atoms with Crippen LogP contribution in [0.4, 0.5) is 20.6 Å². The molecule has 0 heterocycles. The van der Waals surface area contributed by atoms with Crippen molar-refractivity contribution >= 4 is 23.4 Å². The van der Waals surface area contributed by atoms with Gasteiger partial charge in [0.25, 0.3) is 0 Å². The number of nitrogens with one attached hydrogen (secondary N) is 2. The molecule has 21 heavy (non-hydrogen) atoms. The maximum absolute atomic E-state index is 13.4. The van der Waals surface area contributed by atoms with Crippen LogP contribution in [0.15, 0.2) is 48.5 Å². The lowest BCUT2D eigenvalue weighted by atomic mass is 10.2. The maximum atomic E-state index is 13.4. The minimum absolute atomic E-state index is 0.0686. The predicted octanol–water partition coefficient (Wildman–Crippen LogP) is 3.26. The van der Waals surface area contributed by atoms with E-state index in [0.29, 0.717) is 11.3 Å². The molecule has 0 radical (unpaired) electrons. The number of urea groups is 1. The number of carbonyl (C=O) groups excluding carboxylic acids is 2. The van der Waals surface area contributed by atoms with Gasteiger partial charge < -0.3 is 15.4 Å². The second-order valence-corrected chi connectivity index (χ2v) is 4.13.